The molecule has 0 aromatic heterocycles. The first-order valence-corrected chi connectivity index (χ1v) is 4.34. The third-order valence-electron chi connectivity index (χ3n) is 3.08. The van der Waals surface area contributed by atoms with E-state index in [9.17, 15) is 4.79 Å². The summed E-state index contributed by atoms with van der Waals surface area (Å²) in [5.41, 5.74) is 1.38. The van der Waals surface area contributed by atoms with Crippen LogP contribution in [0.4, 0.5) is 0 Å². The summed E-state index contributed by atoms with van der Waals surface area (Å²) in [5.74, 6) is 0.979. The molecule has 2 aliphatic carbocycles. The maximum Gasteiger partial charge on any atom is 0.159 e. The summed E-state index contributed by atoms with van der Waals surface area (Å²) < 4.78 is 0. The van der Waals surface area contributed by atoms with Crippen LogP contribution in [0.2, 0.25) is 0 Å². The molecule has 0 unspecified atom stereocenters. The average Bonchev–Trinajstić information content (AvgIpc) is 2.37. The minimum absolute atomic E-state index is 0.249. The third-order valence-corrected chi connectivity index (χ3v) is 3.08. The number of carbonyl (C=O) groups is 1. The Hall–Kier alpha value is -0.590. The summed E-state index contributed by atoms with van der Waals surface area (Å²) in [7, 11) is 0. The molecule has 0 aromatic rings. The van der Waals surface area contributed by atoms with E-state index in [4.69, 9.17) is 0 Å². The highest BCUT2D eigenvalue weighted by Gasteiger charge is 2.44. The van der Waals surface area contributed by atoms with Crippen LogP contribution in [0.5, 0.6) is 0 Å². The van der Waals surface area contributed by atoms with Gasteiger partial charge in [-0.3, -0.25) is 4.79 Å². The van der Waals surface area contributed by atoms with Crippen LogP contribution in [-0.2, 0) is 4.79 Å². The van der Waals surface area contributed by atoms with Gasteiger partial charge >= 0.3 is 0 Å². The van der Waals surface area contributed by atoms with Gasteiger partial charge in [-0.2, -0.15) is 0 Å². The second-order valence-electron chi connectivity index (χ2n) is 4.38. The first-order chi connectivity index (χ1) is 5.11. The van der Waals surface area contributed by atoms with Crippen molar-refractivity contribution >= 4 is 5.78 Å². The summed E-state index contributed by atoms with van der Waals surface area (Å²) in [4.78, 5) is 11.4. The molecular formula is C10H14O. The van der Waals surface area contributed by atoms with Crippen molar-refractivity contribution in [2.24, 2.45) is 11.3 Å². The number of allylic oxidation sites excluding steroid dienone is 2. The van der Waals surface area contributed by atoms with Crippen molar-refractivity contribution in [2.45, 2.75) is 33.1 Å². The molecule has 0 heterocycles. The molecule has 0 aromatic carbocycles. The summed E-state index contributed by atoms with van der Waals surface area (Å²) in [6.07, 6.45) is 5.23. The number of fused-ring (bicyclic) bond motifs is 1. The molecule has 2 rings (SSSR count). The molecule has 0 N–H and O–H groups in total. The van der Waals surface area contributed by atoms with E-state index in [1.54, 1.807) is 0 Å². The van der Waals surface area contributed by atoms with Crippen molar-refractivity contribution in [1.29, 1.82) is 0 Å². The Balaban J connectivity index is 2.38. The van der Waals surface area contributed by atoms with E-state index in [-0.39, 0.29) is 5.41 Å². The van der Waals surface area contributed by atoms with Crippen LogP contribution in [0.1, 0.15) is 33.1 Å². The lowest BCUT2D eigenvalue weighted by atomic mass is 9.80. The lowest BCUT2D eigenvalue weighted by Gasteiger charge is -2.23. The highest BCUT2D eigenvalue weighted by Crippen LogP contribution is 2.49. The number of Topliss-reactive ketones (excluding diaryl/α,β-unsaturated/α-hetero) is 1. The smallest absolute Gasteiger partial charge is 0.159 e. The molecule has 11 heavy (non-hydrogen) atoms. The van der Waals surface area contributed by atoms with Gasteiger partial charge in [-0.25, -0.2) is 0 Å². The van der Waals surface area contributed by atoms with Crippen molar-refractivity contribution < 1.29 is 4.79 Å². The highest BCUT2D eigenvalue weighted by atomic mass is 16.1. The van der Waals surface area contributed by atoms with E-state index in [0.717, 1.165) is 18.4 Å². The number of hydrogen-bond acceptors (Lipinski definition) is 1. The summed E-state index contributed by atoms with van der Waals surface area (Å²) >= 11 is 0. The van der Waals surface area contributed by atoms with Gasteiger partial charge in [-0.1, -0.05) is 19.9 Å². The van der Waals surface area contributed by atoms with Crippen LogP contribution in [0.15, 0.2) is 11.6 Å². The molecule has 1 saturated carbocycles. The number of hydrogen-bond donors (Lipinski definition) is 0. The second-order valence-corrected chi connectivity index (χ2v) is 4.38. The van der Waals surface area contributed by atoms with Crippen LogP contribution >= 0.6 is 0 Å². The molecule has 0 bridgehead atoms. The van der Waals surface area contributed by atoms with Gasteiger partial charge in [0.15, 0.2) is 5.78 Å². The van der Waals surface area contributed by atoms with Crippen molar-refractivity contribution in [1.82, 2.24) is 0 Å². The van der Waals surface area contributed by atoms with E-state index in [0.29, 0.717) is 11.7 Å². The number of ketones is 1. The molecule has 2 aliphatic rings. The summed E-state index contributed by atoms with van der Waals surface area (Å²) in [6.45, 7) is 4.42. The van der Waals surface area contributed by atoms with E-state index >= 15 is 0 Å². The fourth-order valence-corrected chi connectivity index (χ4v) is 2.46. The summed E-state index contributed by atoms with van der Waals surface area (Å²) in [5, 5.41) is 0. The van der Waals surface area contributed by atoms with Crippen LogP contribution in [0.25, 0.3) is 0 Å². The third kappa shape index (κ3) is 0.867. The van der Waals surface area contributed by atoms with Gasteiger partial charge < -0.3 is 0 Å². The quantitative estimate of drug-likeness (QED) is 0.518. The van der Waals surface area contributed by atoms with Gasteiger partial charge in [-0.05, 0) is 29.7 Å². The highest BCUT2D eigenvalue weighted by molar-refractivity contribution is 5.99. The first-order valence-electron chi connectivity index (χ1n) is 4.34. The largest absolute Gasteiger partial charge is 0.295 e. The van der Waals surface area contributed by atoms with Crippen molar-refractivity contribution in [2.75, 3.05) is 0 Å². The van der Waals surface area contributed by atoms with E-state index < -0.39 is 0 Å². The Morgan fingerprint density at radius 3 is 2.91 bits per heavy atom. The standard InChI is InChI=1S/C10H14O/c1-10(2)6-9(11)7-4-3-5-8(7)10/h4,8H,3,5-6H2,1-2H3/t8-/m1/s1. The Bertz CT molecular complexity index is 235. The SMILES string of the molecule is CC1(C)CC(=O)C2=CCC[C@H]21. The van der Waals surface area contributed by atoms with Crippen molar-refractivity contribution in [3.63, 3.8) is 0 Å². The fourth-order valence-electron chi connectivity index (χ4n) is 2.46. The number of rotatable bonds is 0. The zero-order valence-corrected chi connectivity index (χ0v) is 7.18. The predicted molar refractivity (Wildman–Crippen MR) is 44.2 cm³/mol. The maximum atomic E-state index is 11.4. The minimum atomic E-state index is 0.249. The molecule has 0 aliphatic heterocycles. The zero-order valence-electron chi connectivity index (χ0n) is 7.18. The predicted octanol–water partition coefficient (Wildman–Crippen LogP) is 2.32. The van der Waals surface area contributed by atoms with Gasteiger partial charge in [0, 0.05) is 6.42 Å². The topological polar surface area (TPSA) is 17.1 Å². The van der Waals surface area contributed by atoms with Crippen LogP contribution in [0, 0.1) is 11.3 Å². The monoisotopic (exact) mass is 150 g/mol. The van der Waals surface area contributed by atoms with Crippen LogP contribution in [-0.4, -0.2) is 5.78 Å². The van der Waals surface area contributed by atoms with Crippen LogP contribution < -0.4 is 0 Å². The van der Waals surface area contributed by atoms with Gasteiger partial charge in [-0.15, -0.1) is 0 Å². The molecule has 1 atom stereocenters. The average molecular weight is 150 g/mol. The molecule has 0 saturated heterocycles. The first kappa shape index (κ1) is 7.08. The van der Waals surface area contributed by atoms with E-state index in [1.807, 2.05) is 0 Å². The Labute approximate surface area is 67.5 Å². The maximum absolute atomic E-state index is 11.4. The lowest BCUT2D eigenvalue weighted by Crippen LogP contribution is -2.15. The number of carbonyl (C=O) groups excluding carboxylic acids is 1. The molecule has 1 heteroatoms. The molecule has 0 spiro atoms. The van der Waals surface area contributed by atoms with E-state index in [2.05, 4.69) is 19.9 Å². The van der Waals surface area contributed by atoms with E-state index in [1.165, 1.54) is 6.42 Å². The Morgan fingerprint density at radius 2 is 2.27 bits per heavy atom. The van der Waals surface area contributed by atoms with Gasteiger partial charge in [0.25, 0.3) is 0 Å². The molecule has 1 nitrogen and oxygen atoms in total. The van der Waals surface area contributed by atoms with Gasteiger partial charge in [0.1, 0.15) is 0 Å². The minimum Gasteiger partial charge on any atom is -0.295 e. The normalized spacial score (nSPS) is 33.8. The van der Waals surface area contributed by atoms with Crippen molar-refractivity contribution in [3.05, 3.63) is 11.6 Å². The molecular weight excluding hydrogens is 136 g/mol. The van der Waals surface area contributed by atoms with Gasteiger partial charge in [0.2, 0.25) is 0 Å². The molecule has 1 fully saturated rings. The molecule has 60 valence electrons. The lowest BCUT2D eigenvalue weighted by molar-refractivity contribution is -0.115. The van der Waals surface area contributed by atoms with Crippen molar-refractivity contribution in [3.8, 4) is 0 Å². The molecule has 0 amide bonds. The molecule has 0 radical (unpaired) electrons. The fraction of sp³-hybridized carbons (Fsp3) is 0.700. The summed E-state index contributed by atoms with van der Waals surface area (Å²) in [6, 6.07) is 0. The van der Waals surface area contributed by atoms with Gasteiger partial charge in [0.05, 0.1) is 0 Å². The zero-order chi connectivity index (χ0) is 8.06. The second kappa shape index (κ2) is 1.96. The van der Waals surface area contributed by atoms with Crippen LogP contribution in [0.3, 0.4) is 0 Å². The Morgan fingerprint density at radius 1 is 1.55 bits per heavy atom. The Kier molecular flexibility index (Phi) is 1.26.